The van der Waals surface area contributed by atoms with Gasteiger partial charge >= 0.3 is 0 Å². The Morgan fingerprint density at radius 2 is 2.33 bits per heavy atom. The molecule has 2 N–H and O–H groups in total. The summed E-state index contributed by atoms with van der Waals surface area (Å²) < 4.78 is 1.29. The molecule has 0 spiro atoms. The first kappa shape index (κ1) is 10.7. The number of hydrazine groups is 1. The van der Waals surface area contributed by atoms with Crippen LogP contribution >= 0.6 is 0 Å². The largest absolute Gasteiger partial charge is 0.340 e. The van der Waals surface area contributed by atoms with Gasteiger partial charge in [-0.15, -0.1) is 0 Å². The number of carbonyl (C=O) groups is 2. The maximum atomic E-state index is 11.3. The molecule has 0 saturated heterocycles. The summed E-state index contributed by atoms with van der Waals surface area (Å²) in [5, 5.41) is 10.4. The highest BCUT2D eigenvalue weighted by Gasteiger charge is 2.16. The quantitative estimate of drug-likeness (QED) is 0.392. The fourth-order valence-corrected chi connectivity index (χ4v) is 1.03. The van der Waals surface area contributed by atoms with Crippen molar-refractivity contribution in [1.82, 2.24) is 15.4 Å². The molecule has 2 amide bonds. The summed E-state index contributed by atoms with van der Waals surface area (Å²) in [4.78, 5) is 31.0. The van der Waals surface area contributed by atoms with E-state index in [0.717, 1.165) is 6.07 Å². The molecule has 1 rings (SSSR count). The zero-order valence-electron chi connectivity index (χ0n) is 7.76. The van der Waals surface area contributed by atoms with E-state index in [1.165, 1.54) is 17.8 Å². The summed E-state index contributed by atoms with van der Waals surface area (Å²) in [6.07, 6.45) is 1.49. The standard InChI is InChI=1S/C7H8N4O4/c1-10-3-5(11(14)15)2-6(10)7(13)9-8-4-12/h2-4H,1H3,(H,8,12)(H,9,13). The molecule has 1 aromatic rings. The summed E-state index contributed by atoms with van der Waals surface area (Å²) in [6, 6.07) is 1.11. The Labute approximate surface area is 84.0 Å². The average molecular weight is 212 g/mol. The molecule has 0 unspecified atom stereocenters. The number of carbonyl (C=O) groups excluding carboxylic acids is 2. The van der Waals surface area contributed by atoms with E-state index in [2.05, 4.69) is 0 Å². The minimum absolute atomic E-state index is 0.0797. The van der Waals surface area contributed by atoms with Gasteiger partial charge in [-0.1, -0.05) is 0 Å². The summed E-state index contributed by atoms with van der Waals surface area (Å²) in [7, 11) is 1.49. The van der Waals surface area contributed by atoms with Crippen molar-refractivity contribution >= 4 is 18.0 Å². The Morgan fingerprint density at radius 1 is 1.67 bits per heavy atom. The lowest BCUT2D eigenvalue weighted by atomic mass is 10.4. The van der Waals surface area contributed by atoms with Gasteiger partial charge in [0, 0.05) is 13.1 Å². The highest BCUT2D eigenvalue weighted by Crippen LogP contribution is 2.14. The minimum Gasteiger partial charge on any atom is -0.340 e. The average Bonchev–Trinajstić information content (AvgIpc) is 2.57. The molecule has 15 heavy (non-hydrogen) atoms. The molecule has 0 aliphatic heterocycles. The van der Waals surface area contributed by atoms with Gasteiger partial charge in [-0.3, -0.25) is 30.6 Å². The van der Waals surface area contributed by atoms with E-state index in [1.54, 1.807) is 0 Å². The van der Waals surface area contributed by atoms with E-state index in [9.17, 15) is 19.7 Å². The molecule has 0 aliphatic carbocycles. The van der Waals surface area contributed by atoms with Gasteiger partial charge in [-0.05, 0) is 0 Å². The van der Waals surface area contributed by atoms with Crippen molar-refractivity contribution in [3.8, 4) is 0 Å². The highest BCUT2D eigenvalue weighted by atomic mass is 16.6. The molecule has 0 aliphatic rings. The van der Waals surface area contributed by atoms with Crippen LogP contribution in [0.2, 0.25) is 0 Å². The molecule has 0 saturated carbocycles. The maximum absolute atomic E-state index is 11.3. The highest BCUT2D eigenvalue weighted by molar-refractivity contribution is 5.93. The van der Waals surface area contributed by atoms with Gasteiger partial charge in [0.15, 0.2) is 0 Å². The zero-order chi connectivity index (χ0) is 11.4. The molecule has 0 radical (unpaired) electrons. The number of hydrogen-bond acceptors (Lipinski definition) is 4. The first-order chi connectivity index (χ1) is 7.06. The van der Waals surface area contributed by atoms with Crippen molar-refractivity contribution < 1.29 is 14.5 Å². The number of nitrogens with zero attached hydrogens (tertiary/aromatic N) is 2. The number of hydrogen-bond donors (Lipinski definition) is 2. The fourth-order valence-electron chi connectivity index (χ4n) is 1.03. The second kappa shape index (κ2) is 4.22. The van der Waals surface area contributed by atoms with Crippen molar-refractivity contribution in [1.29, 1.82) is 0 Å². The lowest BCUT2D eigenvalue weighted by molar-refractivity contribution is -0.384. The van der Waals surface area contributed by atoms with Gasteiger partial charge in [0.05, 0.1) is 11.1 Å². The van der Waals surface area contributed by atoms with Crippen LogP contribution in [-0.2, 0) is 11.8 Å². The summed E-state index contributed by atoms with van der Waals surface area (Å²) >= 11 is 0. The number of rotatable bonds is 4. The van der Waals surface area contributed by atoms with Gasteiger partial charge in [0.1, 0.15) is 5.69 Å². The maximum Gasteiger partial charge on any atom is 0.287 e. The molecule has 0 fully saturated rings. The topological polar surface area (TPSA) is 106 Å². The predicted octanol–water partition coefficient (Wildman–Crippen LogP) is -0.676. The minimum atomic E-state index is -0.627. The van der Waals surface area contributed by atoms with Crippen LogP contribution in [0.5, 0.6) is 0 Å². The molecule has 1 aromatic heterocycles. The third-order valence-electron chi connectivity index (χ3n) is 1.68. The first-order valence-electron chi connectivity index (χ1n) is 3.86. The van der Waals surface area contributed by atoms with Gasteiger partial charge < -0.3 is 4.57 Å². The number of aromatic nitrogens is 1. The normalized spacial score (nSPS) is 9.40. The summed E-state index contributed by atoms with van der Waals surface area (Å²) in [6.45, 7) is 0. The van der Waals surface area contributed by atoms with Crippen LogP contribution in [0.15, 0.2) is 12.3 Å². The molecule has 0 bridgehead atoms. The van der Waals surface area contributed by atoms with Crippen LogP contribution in [0.4, 0.5) is 5.69 Å². The molecule has 8 heteroatoms. The Hall–Kier alpha value is -2.38. The first-order valence-corrected chi connectivity index (χ1v) is 3.86. The Bertz CT molecular complexity index is 411. The van der Waals surface area contributed by atoms with Crippen molar-refractivity contribution in [2.24, 2.45) is 7.05 Å². The third kappa shape index (κ3) is 2.30. The molecular weight excluding hydrogens is 204 g/mol. The number of nitrogens with one attached hydrogen (secondary N) is 2. The smallest absolute Gasteiger partial charge is 0.287 e. The molecule has 0 aromatic carbocycles. The predicted molar refractivity (Wildman–Crippen MR) is 48.7 cm³/mol. The lowest BCUT2D eigenvalue weighted by Gasteiger charge is -2.02. The molecule has 0 atom stereocenters. The van der Waals surface area contributed by atoms with Gasteiger partial charge in [-0.2, -0.15) is 0 Å². The summed E-state index contributed by atoms with van der Waals surface area (Å²) in [5.74, 6) is -0.627. The van der Waals surface area contributed by atoms with Crippen LogP contribution in [0.25, 0.3) is 0 Å². The second-order valence-corrected chi connectivity index (χ2v) is 2.67. The van der Waals surface area contributed by atoms with Gasteiger partial charge in [-0.25, -0.2) is 0 Å². The third-order valence-corrected chi connectivity index (χ3v) is 1.68. The zero-order valence-corrected chi connectivity index (χ0v) is 7.76. The monoisotopic (exact) mass is 212 g/mol. The van der Waals surface area contributed by atoms with Crippen molar-refractivity contribution in [3.05, 3.63) is 28.1 Å². The van der Waals surface area contributed by atoms with E-state index >= 15 is 0 Å². The second-order valence-electron chi connectivity index (χ2n) is 2.67. The Balaban J connectivity index is 2.89. The fraction of sp³-hybridized carbons (Fsp3) is 0.143. The molecule has 80 valence electrons. The molecule has 1 heterocycles. The van der Waals surface area contributed by atoms with Crippen molar-refractivity contribution in [2.75, 3.05) is 0 Å². The van der Waals surface area contributed by atoms with E-state index < -0.39 is 10.8 Å². The molecule has 8 nitrogen and oxygen atoms in total. The van der Waals surface area contributed by atoms with Crippen LogP contribution in [0.1, 0.15) is 10.5 Å². The van der Waals surface area contributed by atoms with Crippen LogP contribution in [0.3, 0.4) is 0 Å². The van der Waals surface area contributed by atoms with Crippen LogP contribution in [0, 0.1) is 10.1 Å². The summed E-state index contributed by atoms with van der Waals surface area (Å²) in [5.41, 5.74) is 3.88. The number of amides is 2. The lowest BCUT2D eigenvalue weighted by Crippen LogP contribution is -2.37. The number of aryl methyl sites for hydroxylation is 1. The number of nitro groups is 1. The molecular formula is C7H8N4O4. The van der Waals surface area contributed by atoms with Gasteiger partial charge in [0.2, 0.25) is 6.41 Å². The van der Waals surface area contributed by atoms with Crippen molar-refractivity contribution in [2.45, 2.75) is 0 Å². The van der Waals surface area contributed by atoms with E-state index in [0.29, 0.717) is 0 Å². The SMILES string of the molecule is Cn1cc([N+](=O)[O-])cc1C(=O)NNC=O. The van der Waals surface area contributed by atoms with E-state index in [1.807, 2.05) is 10.9 Å². The van der Waals surface area contributed by atoms with E-state index in [4.69, 9.17) is 0 Å². The van der Waals surface area contributed by atoms with Crippen molar-refractivity contribution in [3.63, 3.8) is 0 Å². The van der Waals surface area contributed by atoms with Gasteiger partial charge in [0.25, 0.3) is 11.6 Å². The Kier molecular flexibility index (Phi) is 3.01. The van der Waals surface area contributed by atoms with E-state index in [-0.39, 0.29) is 17.8 Å². The Morgan fingerprint density at radius 3 is 2.80 bits per heavy atom. The van der Waals surface area contributed by atoms with Crippen LogP contribution in [-0.4, -0.2) is 21.8 Å². The van der Waals surface area contributed by atoms with Crippen LogP contribution < -0.4 is 10.9 Å².